The Balaban J connectivity index is 2.00. The SMILES string of the molecule is CCCc1cn(C)c(CCC(C)C(=O)c2c(O)cc(C(C)CC/C=C/NC(=O)OC)oc2=O)n1. The van der Waals surface area contributed by atoms with E-state index in [9.17, 15) is 19.5 Å². The van der Waals surface area contributed by atoms with Gasteiger partial charge in [0.2, 0.25) is 0 Å². The molecule has 0 aliphatic rings. The Morgan fingerprint density at radius 1 is 1.29 bits per heavy atom. The molecule has 1 amide bonds. The van der Waals surface area contributed by atoms with Gasteiger partial charge >= 0.3 is 11.7 Å². The van der Waals surface area contributed by atoms with E-state index in [0.717, 1.165) is 24.4 Å². The van der Waals surface area contributed by atoms with E-state index >= 15 is 0 Å². The van der Waals surface area contributed by atoms with Crippen molar-refractivity contribution < 1.29 is 23.8 Å². The number of imidazole rings is 1. The molecule has 2 N–H and O–H groups in total. The summed E-state index contributed by atoms with van der Waals surface area (Å²) in [6.07, 6.45) is 8.87. The van der Waals surface area contributed by atoms with Gasteiger partial charge in [0.1, 0.15) is 22.9 Å². The van der Waals surface area contributed by atoms with Crippen molar-refractivity contribution in [3.05, 3.63) is 57.8 Å². The topological polar surface area (TPSA) is 124 Å². The van der Waals surface area contributed by atoms with Crippen LogP contribution < -0.4 is 10.9 Å². The normalized spacial score (nSPS) is 13.1. The average molecular weight is 474 g/mol. The number of rotatable bonds is 12. The van der Waals surface area contributed by atoms with Gasteiger partial charge in [-0.05, 0) is 25.7 Å². The smallest absolute Gasteiger partial charge is 0.410 e. The van der Waals surface area contributed by atoms with E-state index in [1.54, 1.807) is 13.0 Å². The minimum atomic E-state index is -0.830. The maximum atomic E-state index is 12.9. The number of allylic oxidation sites excluding steroid dienone is 1. The number of carbonyl (C=O) groups is 2. The molecular formula is C25H35N3O6. The standard InChI is InChI=1S/C25H35N3O6/c1-6-9-18-15-28(4)21(27-18)12-11-17(3)23(30)22-19(29)14-20(34-24(22)31)16(2)10-7-8-13-26-25(32)33-5/h8,13-17,29H,6-7,9-12H2,1-5H3,(H,26,32)/b13-8+. The van der Waals surface area contributed by atoms with Crippen LogP contribution >= 0.6 is 0 Å². The number of nitrogens with one attached hydrogen (secondary N) is 1. The molecule has 0 fully saturated rings. The fraction of sp³-hybridized carbons (Fsp3) is 0.520. The van der Waals surface area contributed by atoms with Gasteiger partial charge in [-0.3, -0.25) is 10.1 Å². The number of hydrogen-bond donors (Lipinski definition) is 2. The Morgan fingerprint density at radius 3 is 2.68 bits per heavy atom. The van der Waals surface area contributed by atoms with E-state index < -0.39 is 23.4 Å². The van der Waals surface area contributed by atoms with Crippen LogP contribution in [0.5, 0.6) is 5.75 Å². The molecule has 0 radical (unpaired) electrons. The quantitative estimate of drug-likeness (QED) is 0.442. The van der Waals surface area contributed by atoms with E-state index in [2.05, 4.69) is 22.0 Å². The number of aromatic nitrogens is 2. The second-order valence-electron chi connectivity index (χ2n) is 8.53. The van der Waals surface area contributed by atoms with Crippen LogP contribution in [0.2, 0.25) is 0 Å². The largest absolute Gasteiger partial charge is 0.507 e. The molecule has 0 spiro atoms. The third-order valence-electron chi connectivity index (χ3n) is 5.73. The van der Waals surface area contributed by atoms with Gasteiger partial charge in [0, 0.05) is 43.8 Å². The molecular weight excluding hydrogens is 438 g/mol. The summed E-state index contributed by atoms with van der Waals surface area (Å²) >= 11 is 0. The Hall–Kier alpha value is -3.36. The summed E-state index contributed by atoms with van der Waals surface area (Å²) in [6.45, 7) is 5.69. The molecule has 34 heavy (non-hydrogen) atoms. The van der Waals surface area contributed by atoms with Crippen molar-refractivity contribution in [2.75, 3.05) is 7.11 Å². The summed E-state index contributed by atoms with van der Waals surface area (Å²) in [7, 11) is 3.21. The van der Waals surface area contributed by atoms with Gasteiger partial charge in [0.05, 0.1) is 12.8 Å². The second kappa shape index (κ2) is 12.8. The number of alkyl carbamates (subject to hydrolysis) is 1. The minimum absolute atomic E-state index is 0.177. The van der Waals surface area contributed by atoms with Crippen molar-refractivity contribution in [2.45, 2.75) is 65.2 Å². The van der Waals surface area contributed by atoms with Gasteiger partial charge < -0.3 is 18.8 Å². The Labute approximate surface area is 199 Å². The molecule has 2 rings (SSSR count). The van der Waals surface area contributed by atoms with Crippen LogP contribution in [-0.2, 0) is 24.6 Å². The molecule has 2 atom stereocenters. The van der Waals surface area contributed by atoms with Crippen LogP contribution in [-0.4, -0.2) is 33.6 Å². The fourth-order valence-electron chi connectivity index (χ4n) is 3.63. The summed E-state index contributed by atoms with van der Waals surface area (Å²) in [5.74, 6) is -0.262. The summed E-state index contributed by atoms with van der Waals surface area (Å²) in [5.41, 5.74) is -0.113. The van der Waals surface area contributed by atoms with Crippen molar-refractivity contribution in [2.24, 2.45) is 13.0 Å². The molecule has 9 nitrogen and oxygen atoms in total. The molecule has 0 aliphatic heterocycles. The molecule has 2 aromatic heterocycles. The average Bonchev–Trinajstić information content (AvgIpc) is 3.15. The predicted molar refractivity (Wildman–Crippen MR) is 128 cm³/mol. The van der Waals surface area contributed by atoms with Crippen LogP contribution in [0.4, 0.5) is 4.79 Å². The molecule has 2 unspecified atom stereocenters. The number of aromatic hydroxyl groups is 1. The zero-order chi connectivity index (χ0) is 25.3. The van der Waals surface area contributed by atoms with E-state index in [1.807, 2.05) is 24.7 Å². The van der Waals surface area contributed by atoms with Gasteiger partial charge in [0.15, 0.2) is 5.78 Å². The van der Waals surface area contributed by atoms with Crippen LogP contribution in [0.25, 0.3) is 0 Å². The summed E-state index contributed by atoms with van der Waals surface area (Å²) < 4.78 is 11.8. The van der Waals surface area contributed by atoms with Crippen LogP contribution in [0.3, 0.4) is 0 Å². The van der Waals surface area contributed by atoms with Crippen molar-refractivity contribution in [3.8, 4) is 5.75 Å². The van der Waals surface area contributed by atoms with E-state index in [0.29, 0.717) is 31.4 Å². The number of carbonyl (C=O) groups excluding carboxylic acids is 2. The first kappa shape index (κ1) is 26.9. The highest BCUT2D eigenvalue weighted by Crippen LogP contribution is 2.26. The Kier molecular flexibility index (Phi) is 10.1. The van der Waals surface area contributed by atoms with E-state index in [1.165, 1.54) is 19.4 Å². The highest BCUT2D eigenvalue weighted by atomic mass is 16.5. The summed E-state index contributed by atoms with van der Waals surface area (Å²) in [4.78, 5) is 41.1. The lowest BCUT2D eigenvalue weighted by Crippen LogP contribution is -2.21. The Morgan fingerprint density at radius 2 is 2.03 bits per heavy atom. The number of Topliss-reactive ketones (excluding diaryl/α,β-unsaturated/α-hetero) is 1. The molecule has 0 bridgehead atoms. The first-order chi connectivity index (χ1) is 16.2. The third-order valence-corrected chi connectivity index (χ3v) is 5.73. The molecule has 0 saturated heterocycles. The van der Waals surface area contributed by atoms with E-state index in [-0.39, 0.29) is 17.2 Å². The molecule has 9 heteroatoms. The number of ether oxygens (including phenoxy) is 1. The van der Waals surface area contributed by atoms with Gasteiger partial charge in [-0.15, -0.1) is 0 Å². The molecule has 2 aromatic rings. The second-order valence-corrected chi connectivity index (χ2v) is 8.53. The number of nitrogens with zero attached hydrogens (tertiary/aromatic N) is 2. The fourth-order valence-corrected chi connectivity index (χ4v) is 3.63. The summed E-state index contributed by atoms with van der Waals surface area (Å²) in [5, 5.41) is 12.9. The van der Waals surface area contributed by atoms with E-state index in [4.69, 9.17) is 4.42 Å². The molecule has 186 valence electrons. The number of amides is 1. The predicted octanol–water partition coefficient (Wildman–Crippen LogP) is 4.24. The third kappa shape index (κ3) is 7.33. The van der Waals surface area contributed by atoms with Crippen molar-refractivity contribution in [1.29, 1.82) is 0 Å². The maximum absolute atomic E-state index is 12.9. The van der Waals surface area contributed by atoms with Gasteiger partial charge in [0.25, 0.3) is 0 Å². The number of methoxy groups -OCH3 is 1. The lowest BCUT2D eigenvalue weighted by Gasteiger charge is -2.13. The minimum Gasteiger partial charge on any atom is -0.507 e. The first-order valence-electron chi connectivity index (χ1n) is 11.6. The van der Waals surface area contributed by atoms with Gasteiger partial charge in [-0.25, -0.2) is 14.6 Å². The zero-order valence-electron chi connectivity index (χ0n) is 20.6. The maximum Gasteiger partial charge on any atom is 0.410 e. The Bertz CT molecular complexity index is 1070. The number of ketones is 1. The van der Waals surface area contributed by atoms with Crippen LogP contribution in [0.15, 0.2) is 33.8 Å². The van der Waals surface area contributed by atoms with Gasteiger partial charge in [-0.1, -0.05) is 33.3 Å². The highest BCUT2D eigenvalue weighted by Gasteiger charge is 2.25. The lowest BCUT2D eigenvalue weighted by molar-refractivity contribution is 0.0916. The van der Waals surface area contributed by atoms with Crippen LogP contribution in [0.1, 0.15) is 80.0 Å². The summed E-state index contributed by atoms with van der Waals surface area (Å²) in [6, 6.07) is 1.35. The first-order valence-corrected chi connectivity index (χ1v) is 11.6. The molecule has 0 aliphatic carbocycles. The zero-order valence-corrected chi connectivity index (χ0v) is 20.6. The van der Waals surface area contributed by atoms with Crippen LogP contribution in [0, 0.1) is 5.92 Å². The van der Waals surface area contributed by atoms with Crippen molar-refractivity contribution in [3.63, 3.8) is 0 Å². The monoisotopic (exact) mass is 473 g/mol. The molecule has 2 heterocycles. The number of hydrogen-bond acceptors (Lipinski definition) is 7. The lowest BCUT2D eigenvalue weighted by atomic mass is 9.94. The van der Waals surface area contributed by atoms with Gasteiger partial charge in [-0.2, -0.15) is 0 Å². The molecule has 0 aromatic carbocycles. The van der Waals surface area contributed by atoms with Crippen molar-refractivity contribution in [1.82, 2.24) is 14.9 Å². The number of aryl methyl sites for hydroxylation is 3. The van der Waals surface area contributed by atoms with Crippen molar-refractivity contribution >= 4 is 11.9 Å². The highest BCUT2D eigenvalue weighted by molar-refractivity contribution is 5.99. The molecule has 0 saturated carbocycles.